The predicted molar refractivity (Wildman–Crippen MR) is 107 cm³/mol. The monoisotopic (exact) mass is 363 g/mol. The Morgan fingerprint density at radius 2 is 1.85 bits per heavy atom. The van der Waals surface area contributed by atoms with Gasteiger partial charge in [0.1, 0.15) is 0 Å². The first-order valence-electron chi connectivity index (χ1n) is 8.09. The van der Waals surface area contributed by atoms with Gasteiger partial charge in [0.15, 0.2) is 0 Å². The number of hydrogen-bond donors (Lipinski definition) is 1. The van der Waals surface area contributed by atoms with E-state index in [2.05, 4.69) is 15.5 Å². The number of thiazole rings is 1. The summed E-state index contributed by atoms with van der Waals surface area (Å²) in [5, 5.41) is 6.99. The molecule has 0 radical (unpaired) electrons. The molecule has 2 aromatic carbocycles. The SMILES string of the molecule is Cn1c(=O)n(C)c2cc(/C=N\Nc3nc(-c4ccccc4)cs3)ccc21. The van der Waals surface area contributed by atoms with Crippen molar-refractivity contribution in [3.8, 4) is 11.3 Å². The molecule has 26 heavy (non-hydrogen) atoms. The number of hydrazone groups is 1. The number of hydrogen-bond acceptors (Lipinski definition) is 5. The van der Waals surface area contributed by atoms with Gasteiger partial charge in [-0.25, -0.2) is 9.78 Å². The molecule has 4 aromatic rings. The molecular formula is C19H17N5OS. The molecule has 2 aromatic heterocycles. The number of nitrogens with one attached hydrogen (secondary N) is 1. The normalized spacial score (nSPS) is 11.5. The van der Waals surface area contributed by atoms with E-state index < -0.39 is 0 Å². The second-order valence-corrected chi connectivity index (χ2v) is 6.78. The molecule has 0 saturated carbocycles. The topological polar surface area (TPSA) is 64.2 Å². The largest absolute Gasteiger partial charge is 0.328 e. The molecule has 0 atom stereocenters. The number of imidazole rings is 1. The van der Waals surface area contributed by atoms with E-state index in [1.807, 2.05) is 53.9 Å². The Balaban J connectivity index is 1.52. The first kappa shape index (κ1) is 16.3. The van der Waals surface area contributed by atoms with Crippen molar-refractivity contribution in [2.24, 2.45) is 19.2 Å². The number of fused-ring (bicyclic) bond motifs is 1. The van der Waals surface area contributed by atoms with Crippen molar-refractivity contribution < 1.29 is 0 Å². The zero-order valence-electron chi connectivity index (χ0n) is 14.4. The van der Waals surface area contributed by atoms with Crippen LogP contribution in [0.25, 0.3) is 22.3 Å². The van der Waals surface area contributed by atoms with Gasteiger partial charge in [-0.05, 0) is 17.7 Å². The molecule has 0 bridgehead atoms. The second kappa shape index (κ2) is 6.61. The summed E-state index contributed by atoms with van der Waals surface area (Å²) in [6.07, 6.45) is 1.72. The smallest absolute Gasteiger partial charge is 0.295 e. The van der Waals surface area contributed by atoms with Gasteiger partial charge in [0.05, 0.1) is 22.9 Å². The molecule has 2 heterocycles. The van der Waals surface area contributed by atoms with Gasteiger partial charge < -0.3 is 0 Å². The standard InChI is InChI=1S/C19H17N5OS/c1-23-16-9-8-13(10-17(16)24(2)19(23)25)11-20-22-18-21-15(12-26-18)14-6-4-3-5-7-14/h3-12H,1-2H3,(H,21,22)/b20-11-. The molecule has 6 nitrogen and oxygen atoms in total. The van der Waals surface area contributed by atoms with Gasteiger partial charge in [-0.15, -0.1) is 11.3 Å². The van der Waals surface area contributed by atoms with Crippen molar-refractivity contribution in [1.82, 2.24) is 14.1 Å². The van der Waals surface area contributed by atoms with Gasteiger partial charge in [-0.2, -0.15) is 5.10 Å². The van der Waals surface area contributed by atoms with Crippen molar-refractivity contribution in [1.29, 1.82) is 0 Å². The van der Waals surface area contributed by atoms with E-state index >= 15 is 0 Å². The first-order valence-corrected chi connectivity index (χ1v) is 8.97. The molecule has 4 rings (SSSR count). The summed E-state index contributed by atoms with van der Waals surface area (Å²) < 4.78 is 3.27. The maximum Gasteiger partial charge on any atom is 0.328 e. The van der Waals surface area contributed by atoms with Crippen molar-refractivity contribution in [2.75, 3.05) is 5.43 Å². The Kier molecular flexibility index (Phi) is 4.14. The summed E-state index contributed by atoms with van der Waals surface area (Å²) in [7, 11) is 3.54. The summed E-state index contributed by atoms with van der Waals surface area (Å²) >= 11 is 1.51. The van der Waals surface area contributed by atoms with Crippen LogP contribution in [0.3, 0.4) is 0 Å². The van der Waals surface area contributed by atoms with Crippen LogP contribution >= 0.6 is 11.3 Å². The summed E-state index contributed by atoms with van der Waals surface area (Å²) in [6.45, 7) is 0. The lowest BCUT2D eigenvalue weighted by Crippen LogP contribution is -2.19. The highest BCUT2D eigenvalue weighted by molar-refractivity contribution is 7.14. The maximum atomic E-state index is 12.0. The lowest BCUT2D eigenvalue weighted by atomic mass is 10.2. The zero-order valence-corrected chi connectivity index (χ0v) is 15.2. The Bertz CT molecular complexity index is 1150. The average molecular weight is 363 g/mol. The Morgan fingerprint density at radius 1 is 1.08 bits per heavy atom. The van der Waals surface area contributed by atoms with E-state index in [0.29, 0.717) is 0 Å². The van der Waals surface area contributed by atoms with E-state index in [1.54, 1.807) is 29.4 Å². The number of anilines is 1. The van der Waals surface area contributed by atoms with Crippen LogP contribution in [0.2, 0.25) is 0 Å². The van der Waals surface area contributed by atoms with Gasteiger partial charge in [-0.3, -0.25) is 14.6 Å². The highest BCUT2D eigenvalue weighted by atomic mass is 32.1. The van der Waals surface area contributed by atoms with E-state index in [-0.39, 0.29) is 5.69 Å². The Morgan fingerprint density at radius 3 is 2.65 bits per heavy atom. The maximum absolute atomic E-state index is 12.0. The number of benzene rings is 2. The Hall–Kier alpha value is -3.19. The van der Waals surface area contributed by atoms with Crippen LogP contribution in [0, 0.1) is 0 Å². The summed E-state index contributed by atoms with van der Waals surface area (Å²) in [6, 6.07) is 15.8. The fraction of sp³-hybridized carbons (Fsp3) is 0.105. The van der Waals surface area contributed by atoms with Gasteiger partial charge >= 0.3 is 5.69 Å². The van der Waals surface area contributed by atoms with Gasteiger partial charge in [0.2, 0.25) is 5.13 Å². The number of aromatic nitrogens is 3. The third kappa shape index (κ3) is 2.93. The molecule has 0 spiro atoms. The average Bonchev–Trinajstić information content (AvgIpc) is 3.23. The third-order valence-corrected chi connectivity index (χ3v) is 4.99. The van der Waals surface area contributed by atoms with Gasteiger partial charge in [-0.1, -0.05) is 36.4 Å². The minimum Gasteiger partial charge on any atom is -0.295 e. The molecule has 0 aliphatic heterocycles. The summed E-state index contributed by atoms with van der Waals surface area (Å²) in [4.78, 5) is 16.5. The molecule has 0 aliphatic carbocycles. The second-order valence-electron chi connectivity index (χ2n) is 5.92. The van der Waals surface area contributed by atoms with Crippen LogP contribution in [0.4, 0.5) is 5.13 Å². The van der Waals surface area contributed by atoms with E-state index in [0.717, 1.165) is 33.0 Å². The summed E-state index contributed by atoms with van der Waals surface area (Å²) in [5.41, 5.74) is 7.62. The molecule has 130 valence electrons. The van der Waals surface area contributed by atoms with Crippen LogP contribution < -0.4 is 11.1 Å². The molecule has 0 saturated heterocycles. The minimum absolute atomic E-state index is 0.0385. The van der Waals surface area contributed by atoms with Gasteiger partial charge in [0, 0.05) is 25.0 Å². The van der Waals surface area contributed by atoms with Crippen molar-refractivity contribution >= 4 is 33.7 Å². The molecule has 0 amide bonds. The lowest BCUT2D eigenvalue weighted by Gasteiger charge is -1.98. The number of aryl methyl sites for hydroxylation is 2. The van der Waals surface area contributed by atoms with Crippen molar-refractivity contribution in [3.63, 3.8) is 0 Å². The molecule has 1 N–H and O–H groups in total. The van der Waals surface area contributed by atoms with Crippen LogP contribution in [-0.4, -0.2) is 20.3 Å². The van der Waals surface area contributed by atoms with E-state index in [4.69, 9.17) is 0 Å². The highest BCUT2D eigenvalue weighted by Crippen LogP contribution is 2.24. The molecule has 7 heteroatoms. The minimum atomic E-state index is -0.0385. The van der Waals surface area contributed by atoms with Crippen LogP contribution in [0.5, 0.6) is 0 Å². The van der Waals surface area contributed by atoms with Crippen molar-refractivity contribution in [2.45, 2.75) is 0 Å². The van der Waals surface area contributed by atoms with Crippen LogP contribution in [0.15, 0.2) is 63.8 Å². The van der Waals surface area contributed by atoms with E-state index in [9.17, 15) is 4.79 Å². The fourth-order valence-electron chi connectivity index (χ4n) is 2.83. The van der Waals surface area contributed by atoms with Gasteiger partial charge in [0.25, 0.3) is 0 Å². The highest BCUT2D eigenvalue weighted by Gasteiger charge is 2.07. The van der Waals surface area contributed by atoms with Crippen LogP contribution in [-0.2, 0) is 14.1 Å². The van der Waals surface area contributed by atoms with Crippen molar-refractivity contribution in [3.05, 3.63) is 70.0 Å². The lowest BCUT2D eigenvalue weighted by molar-refractivity contribution is 0.795. The zero-order chi connectivity index (χ0) is 18.1. The number of nitrogens with zero attached hydrogens (tertiary/aromatic N) is 4. The quantitative estimate of drug-likeness (QED) is 0.446. The fourth-order valence-corrected chi connectivity index (χ4v) is 3.50. The molecular weight excluding hydrogens is 346 g/mol. The first-order chi connectivity index (χ1) is 12.6. The third-order valence-electron chi connectivity index (χ3n) is 4.24. The molecule has 0 unspecified atom stereocenters. The van der Waals surface area contributed by atoms with E-state index in [1.165, 1.54) is 11.3 Å². The Labute approximate surface area is 154 Å². The summed E-state index contributed by atoms with van der Waals surface area (Å²) in [5.74, 6) is 0. The molecule has 0 aliphatic rings. The molecule has 0 fully saturated rings. The number of rotatable bonds is 4. The van der Waals surface area contributed by atoms with Crippen LogP contribution in [0.1, 0.15) is 5.56 Å². The predicted octanol–water partition coefficient (Wildman–Crippen LogP) is 3.45.